The first-order valence-electron chi connectivity index (χ1n) is 3.87. The molecule has 2 N–H and O–H groups in total. The highest BCUT2D eigenvalue weighted by molar-refractivity contribution is 8.02. The summed E-state index contributed by atoms with van der Waals surface area (Å²) < 4.78 is 0. The van der Waals surface area contributed by atoms with Crippen molar-refractivity contribution in [3.05, 3.63) is 11.1 Å². The number of allylic oxidation sites excluding steroid dienone is 1. The van der Waals surface area contributed by atoms with E-state index in [0.717, 1.165) is 24.4 Å². The molecule has 0 aromatic rings. The second kappa shape index (κ2) is 6.55. The summed E-state index contributed by atoms with van der Waals surface area (Å²) in [5, 5.41) is 2.05. The Labute approximate surface area is 73.8 Å². The van der Waals surface area contributed by atoms with Crippen molar-refractivity contribution in [3.8, 4) is 0 Å². The summed E-state index contributed by atoms with van der Waals surface area (Å²) in [5.41, 5.74) is 6.69. The number of hydrogen-bond acceptors (Lipinski definition) is 3. The SMILES string of the molecule is CCC/C(N)=C/SCN(C)C. The highest BCUT2D eigenvalue weighted by atomic mass is 32.2. The Balaban J connectivity index is 3.39. The van der Waals surface area contributed by atoms with Crippen LogP contribution in [0.25, 0.3) is 0 Å². The zero-order chi connectivity index (χ0) is 8.69. The molecule has 11 heavy (non-hydrogen) atoms. The van der Waals surface area contributed by atoms with Crippen molar-refractivity contribution in [2.75, 3.05) is 20.0 Å². The average Bonchev–Trinajstić information content (AvgIpc) is 1.87. The molecule has 66 valence electrons. The van der Waals surface area contributed by atoms with Gasteiger partial charge in [-0.1, -0.05) is 13.3 Å². The summed E-state index contributed by atoms with van der Waals surface area (Å²) in [6.07, 6.45) is 2.14. The lowest BCUT2D eigenvalue weighted by molar-refractivity contribution is 0.486. The van der Waals surface area contributed by atoms with Gasteiger partial charge in [-0.15, -0.1) is 11.8 Å². The Hall–Kier alpha value is -0.150. The Bertz CT molecular complexity index is 121. The van der Waals surface area contributed by atoms with Crippen molar-refractivity contribution in [1.29, 1.82) is 0 Å². The molecular weight excluding hydrogens is 156 g/mol. The predicted molar refractivity (Wildman–Crippen MR) is 53.3 cm³/mol. The van der Waals surface area contributed by atoms with Gasteiger partial charge in [-0.2, -0.15) is 0 Å². The first kappa shape index (κ1) is 10.8. The topological polar surface area (TPSA) is 29.3 Å². The number of hydrogen-bond donors (Lipinski definition) is 1. The van der Waals surface area contributed by atoms with E-state index in [4.69, 9.17) is 5.73 Å². The van der Waals surface area contributed by atoms with E-state index in [1.54, 1.807) is 11.8 Å². The predicted octanol–water partition coefficient (Wildman–Crippen LogP) is 1.84. The van der Waals surface area contributed by atoms with Crippen LogP contribution in [0.1, 0.15) is 19.8 Å². The average molecular weight is 174 g/mol. The minimum absolute atomic E-state index is 0.999. The number of nitrogens with two attached hydrogens (primary N) is 1. The molecule has 0 amide bonds. The smallest absolute Gasteiger partial charge is 0.0480 e. The molecule has 0 aromatic carbocycles. The van der Waals surface area contributed by atoms with Gasteiger partial charge >= 0.3 is 0 Å². The van der Waals surface area contributed by atoms with Crippen LogP contribution in [0, 0.1) is 0 Å². The third-order valence-corrected chi connectivity index (χ3v) is 2.24. The molecular formula is C8H18N2S. The van der Waals surface area contributed by atoms with E-state index in [2.05, 4.69) is 25.9 Å². The first-order valence-corrected chi connectivity index (χ1v) is 4.92. The molecule has 0 atom stereocenters. The molecule has 0 spiro atoms. The van der Waals surface area contributed by atoms with Crippen LogP contribution in [0.5, 0.6) is 0 Å². The molecule has 0 radical (unpaired) electrons. The fourth-order valence-corrected chi connectivity index (χ4v) is 1.35. The van der Waals surface area contributed by atoms with Crippen LogP contribution < -0.4 is 5.73 Å². The van der Waals surface area contributed by atoms with Crippen LogP contribution in [0.4, 0.5) is 0 Å². The third kappa shape index (κ3) is 7.75. The standard InChI is InChI=1S/C8H18N2S/c1-4-5-8(9)6-11-7-10(2)3/h6H,4-5,7,9H2,1-3H3/b8-6-. The molecule has 0 rings (SSSR count). The van der Waals surface area contributed by atoms with Gasteiger partial charge in [0, 0.05) is 11.6 Å². The van der Waals surface area contributed by atoms with Gasteiger partial charge in [0.1, 0.15) is 0 Å². The lowest BCUT2D eigenvalue weighted by Gasteiger charge is -2.06. The maximum absolute atomic E-state index is 5.69. The second-order valence-corrected chi connectivity index (χ2v) is 3.65. The lowest BCUT2D eigenvalue weighted by Crippen LogP contribution is -2.09. The van der Waals surface area contributed by atoms with Crippen molar-refractivity contribution in [1.82, 2.24) is 4.90 Å². The van der Waals surface area contributed by atoms with E-state index in [9.17, 15) is 0 Å². The largest absolute Gasteiger partial charge is 0.402 e. The van der Waals surface area contributed by atoms with E-state index < -0.39 is 0 Å². The van der Waals surface area contributed by atoms with E-state index >= 15 is 0 Å². The van der Waals surface area contributed by atoms with Gasteiger partial charge in [0.2, 0.25) is 0 Å². The Kier molecular flexibility index (Phi) is 6.46. The van der Waals surface area contributed by atoms with Crippen LogP contribution in [-0.2, 0) is 0 Å². The highest BCUT2D eigenvalue weighted by Gasteiger charge is 1.89. The minimum Gasteiger partial charge on any atom is -0.402 e. The minimum atomic E-state index is 0.999. The molecule has 3 heteroatoms. The summed E-state index contributed by atoms with van der Waals surface area (Å²) in [4.78, 5) is 2.13. The van der Waals surface area contributed by atoms with Gasteiger partial charge in [0.25, 0.3) is 0 Å². The maximum Gasteiger partial charge on any atom is 0.0480 e. The summed E-state index contributed by atoms with van der Waals surface area (Å²) in [6, 6.07) is 0. The van der Waals surface area contributed by atoms with Crippen LogP contribution in [-0.4, -0.2) is 24.9 Å². The van der Waals surface area contributed by atoms with E-state index in [-0.39, 0.29) is 0 Å². The van der Waals surface area contributed by atoms with Crippen LogP contribution >= 0.6 is 11.8 Å². The molecule has 0 aliphatic heterocycles. The molecule has 2 nitrogen and oxygen atoms in total. The fraction of sp³-hybridized carbons (Fsp3) is 0.750. The van der Waals surface area contributed by atoms with Gasteiger partial charge in [-0.3, -0.25) is 4.90 Å². The Morgan fingerprint density at radius 3 is 2.64 bits per heavy atom. The van der Waals surface area contributed by atoms with Gasteiger partial charge in [-0.05, 0) is 25.9 Å². The van der Waals surface area contributed by atoms with E-state index in [1.165, 1.54) is 0 Å². The number of nitrogens with zero attached hydrogens (tertiary/aromatic N) is 1. The van der Waals surface area contributed by atoms with Crippen molar-refractivity contribution in [3.63, 3.8) is 0 Å². The van der Waals surface area contributed by atoms with Gasteiger partial charge in [0.05, 0.1) is 0 Å². The molecule has 0 heterocycles. The molecule has 0 fully saturated rings. The van der Waals surface area contributed by atoms with E-state index in [1.807, 2.05) is 5.41 Å². The molecule has 0 unspecified atom stereocenters. The van der Waals surface area contributed by atoms with Gasteiger partial charge in [0.15, 0.2) is 0 Å². The lowest BCUT2D eigenvalue weighted by atomic mass is 10.3. The van der Waals surface area contributed by atoms with Crippen molar-refractivity contribution >= 4 is 11.8 Å². The Morgan fingerprint density at radius 2 is 2.18 bits per heavy atom. The zero-order valence-corrected chi connectivity index (χ0v) is 8.45. The van der Waals surface area contributed by atoms with Crippen molar-refractivity contribution < 1.29 is 0 Å². The van der Waals surface area contributed by atoms with Crippen LogP contribution in [0.3, 0.4) is 0 Å². The summed E-state index contributed by atoms with van der Waals surface area (Å²) in [5.74, 6) is 1.00. The Morgan fingerprint density at radius 1 is 1.55 bits per heavy atom. The highest BCUT2D eigenvalue weighted by Crippen LogP contribution is 2.07. The number of rotatable bonds is 5. The monoisotopic (exact) mass is 174 g/mol. The molecule has 0 aliphatic carbocycles. The zero-order valence-electron chi connectivity index (χ0n) is 7.63. The van der Waals surface area contributed by atoms with E-state index in [0.29, 0.717) is 0 Å². The molecule has 0 saturated heterocycles. The molecule has 0 aliphatic rings. The van der Waals surface area contributed by atoms with Gasteiger partial charge < -0.3 is 5.73 Å². The quantitative estimate of drug-likeness (QED) is 0.645. The summed E-state index contributed by atoms with van der Waals surface area (Å²) >= 11 is 1.75. The molecule has 0 bridgehead atoms. The van der Waals surface area contributed by atoms with Crippen molar-refractivity contribution in [2.45, 2.75) is 19.8 Å². The maximum atomic E-state index is 5.69. The summed E-state index contributed by atoms with van der Waals surface area (Å²) in [7, 11) is 4.10. The van der Waals surface area contributed by atoms with Crippen LogP contribution in [0.2, 0.25) is 0 Å². The normalized spacial score (nSPS) is 12.5. The first-order chi connectivity index (χ1) is 5.16. The molecule has 0 saturated carbocycles. The fourth-order valence-electron chi connectivity index (χ4n) is 0.641. The van der Waals surface area contributed by atoms with Crippen LogP contribution in [0.15, 0.2) is 11.1 Å². The molecule has 0 aromatic heterocycles. The second-order valence-electron chi connectivity index (χ2n) is 2.82. The number of thioether (sulfide) groups is 1. The van der Waals surface area contributed by atoms with Crippen molar-refractivity contribution in [2.24, 2.45) is 5.73 Å². The van der Waals surface area contributed by atoms with Gasteiger partial charge in [-0.25, -0.2) is 0 Å². The summed E-state index contributed by atoms with van der Waals surface area (Å²) in [6.45, 7) is 2.14. The third-order valence-electron chi connectivity index (χ3n) is 1.11.